The van der Waals surface area contributed by atoms with Gasteiger partial charge in [0.1, 0.15) is 17.4 Å². The van der Waals surface area contributed by atoms with Crippen molar-refractivity contribution in [1.82, 2.24) is 0 Å². The number of benzene rings is 2. The number of rotatable bonds is 5. The number of ether oxygens (including phenoxy) is 1. The van der Waals surface area contributed by atoms with Crippen LogP contribution in [0.2, 0.25) is 0 Å². The molecule has 1 aliphatic rings. The van der Waals surface area contributed by atoms with E-state index in [1.165, 1.54) is 18.9 Å². The molecule has 0 N–H and O–H groups in total. The van der Waals surface area contributed by atoms with Crippen molar-refractivity contribution in [2.45, 2.75) is 19.1 Å². The molecule has 0 aliphatic carbocycles. The molecule has 0 radical (unpaired) electrons. The molecular formula is C20H17F2NO3S. The van der Waals surface area contributed by atoms with Gasteiger partial charge in [0.15, 0.2) is 0 Å². The van der Waals surface area contributed by atoms with Crippen LogP contribution in [0, 0.1) is 11.6 Å². The number of hydrogen-bond acceptors (Lipinski definition) is 4. The molecule has 27 heavy (non-hydrogen) atoms. The predicted molar refractivity (Wildman–Crippen MR) is 101 cm³/mol. The summed E-state index contributed by atoms with van der Waals surface area (Å²) < 4.78 is 32.9. The van der Waals surface area contributed by atoms with Crippen LogP contribution in [0.15, 0.2) is 47.4 Å². The van der Waals surface area contributed by atoms with Crippen molar-refractivity contribution < 1.29 is 23.1 Å². The van der Waals surface area contributed by atoms with Crippen molar-refractivity contribution >= 4 is 34.8 Å². The van der Waals surface area contributed by atoms with Gasteiger partial charge in [0.25, 0.3) is 11.8 Å². The van der Waals surface area contributed by atoms with E-state index in [4.69, 9.17) is 4.74 Å². The Morgan fingerprint density at radius 1 is 1.04 bits per heavy atom. The minimum absolute atomic E-state index is 0.0134. The van der Waals surface area contributed by atoms with E-state index < -0.39 is 23.4 Å². The number of para-hydroxylation sites is 1. The molecule has 0 bridgehead atoms. The molecule has 0 unspecified atom stereocenters. The number of carbonyl (C=O) groups is 2. The highest BCUT2D eigenvalue weighted by Crippen LogP contribution is 2.42. The quantitative estimate of drug-likeness (QED) is 0.711. The Kier molecular flexibility index (Phi) is 5.32. The van der Waals surface area contributed by atoms with Crippen molar-refractivity contribution in [3.63, 3.8) is 0 Å². The van der Waals surface area contributed by atoms with E-state index in [9.17, 15) is 18.4 Å². The molecule has 2 amide bonds. The molecule has 1 heterocycles. The van der Waals surface area contributed by atoms with Gasteiger partial charge in [-0.15, -0.1) is 11.8 Å². The number of carbonyl (C=O) groups excluding carboxylic acids is 2. The van der Waals surface area contributed by atoms with E-state index in [-0.39, 0.29) is 21.4 Å². The monoisotopic (exact) mass is 389 g/mol. The second-order valence-corrected chi connectivity index (χ2v) is 7.70. The van der Waals surface area contributed by atoms with E-state index in [1.54, 1.807) is 24.3 Å². The fourth-order valence-corrected chi connectivity index (χ4v) is 3.80. The van der Waals surface area contributed by atoms with Gasteiger partial charge in [0, 0.05) is 16.9 Å². The van der Waals surface area contributed by atoms with Crippen molar-refractivity contribution in [2.75, 3.05) is 12.0 Å². The Labute approximate surface area is 159 Å². The van der Waals surface area contributed by atoms with Crippen LogP contribution in [0.3, 0.4) is 0 Å². The third kappa shape index (κ3) is 3.47. The van der Waals surface area contributed by atoms with Crippen molar-refractivity contribution in [1.29, 1.82) is 0 Å². The van der Waals surface area contributed by atoms with Gasteiger partial charge in [0.05, 0.1) is 23.3 Å². The maximum atomic E-state index is 14.3. The molecule has 4 nitrogen and oxygen atoms in total. The highest BCUT2D eigenvalue weighted by Gasteiger charge is 2.42. The third-order valence-corrected chi connectivity index (χ3v) is 5.01. The Hall–Kier alpha value is -2.67. The molecule has 0 saturated heterocycles. The summed E-state index contributed by atoms with van der Waals surface area (Å²) >= 11 is 1.22. The zero-order chi connectivity index (χ0) is 19.7. The molecule has 0 spiro atoms. The van der Waals surface area contributed by atoms with Crippen molar-refractivity contribution in [3.05, 3.63) is 64.6 Å². The molecule has 0 atom stereocenters. The predicted octanol–water partition coefficient (Wildman–Crippen LogP) is 4.40. The van der Waals surface area contributed by atoms with Crippen LogP contribution in [0.1, 0.15) is 19.4 Å². The summed E-state index contributed by atoms with van der Waals surface area (Å²) in [7, 11) is 1.47. The molecular weight excluding hydrogens is 372 g/mol. The number of halogens is 2. The van der Waals surface area contributed by atoms with Crippen molar-refractivity contribution in [2.24, 2.45) is 0 Å². The van der Waals surface area contributed by atoms with E-state index in [1.807, 2.05) is 13.8 Å². The lowest BCUT2D eigenvalue weighted by Gasteiger charge is -2.16. The van der Waals surface area contributed by atoms with Gasteiger partial charge in [-0.25, -0.2) is 13.7 Å². The van der Waals surface area contributed by atoms with E-state index in [0.29, 0.717) is 17.4 Å². The summed E-state index contributed by atoms with van der Waals surface area (Å²) in [5, 5.41) is 0.0134. The molecule has 1 aliphatic heterocycles. The minimum Gasteiger partial charge on any atom is -0.496 e. The Morgan fingerprint density at radius 2 is 1.74 bits per heavy atom. The van der Waals surface area contributed by atoms with Gasteiger partial charge >= 0.3 is 0 Å². The number of thioether (sulfide) groups is 1. The first kappa shape index (κ1) is 19.1. The summed E-state index contributed by atoms with van der Waals surface area (Å²) in [5.41, 5.74) is 0.324. The molecule has 2 aromatic rings. The van der Waals surface area contributed by atoms with Gasteiger partial charge in [0.2, 0.25) is 0 Å². The first-order valence-electron chi connectivity index (χ1n) is 8.23. The summed E-state index contributed by atoms with van der Waals surface area (Å²) in [4.78, 5) is 27.1. The van der Waals surface area contributed by atoms with Crippen LogP contribution in [0.5, 0.6) is 5.75 Å². The Bertz CT molecular complexity index is 956. The number of imide groups is 1. The summed E-state index contributed by atoms with van der Waals surface area (Å²) in [6.45, 7) is 3.77. The maximum Gasteiger partial charge on any atom is 0.272 e. The zero-order valence-electron chi connectivity index (χ0n) is 15.0. The number of nitrogens with zero attached hydrogens (tertiary/aromatic N) is 1. The van der Waals surface area contributed by atoms with Crippen LogP contribution in [0.4, 0.5) is 14.5 Å². The second kappa shape index (κ2) is 7.52. The molecule has 3 rings (SSSR count). The lowest BCUT2D eigenvalue weighted by molar-refractivity contribution is -0.119. The topological polar surface area (TPSA) is 46.6 Å². The van der Waals surface area contributed by atoms with E-state index in [2.05, 4.69) is 0 Å². The molecule has 0 saturated carbocycles. The lowest BCUT2D eigenvalue weighted by Crippen LogP contribution is -2.32. The second-order valence-electron chi connectivity index (χ2n) is 6.11. The van der Waals surface area contributed by atoms with Crippen LogP contribution in [-0.2, 0) is 9.59 Å². The first-order valence-corrected chi connectivity index (χ1v) is 9.11. The Morgan fingerprint density at radius 3 is 2.37 bits per heavy atom. The SMILES string of the molecule is COc1ccccc1C1=C(SC(C)C)C(=O)N(c2ccc(F)cc2F)C1=O. The lowest BCUT2D eigenvalue weighted by atomic mass is 10.0. The standard InChI is InChI=1S/C20H17F2NO3S/c1-11(2)27-18-17(13-6-4-5-7-16(13)26-3)19(24)23(20(18)25)15-9-8-12(21)10-14(15)22/h4-11H,1-3H3. The first-order chi connectivity index (χ1) is 12.8. The normalized spacial score (nSPS) is 14.5. The average molecular weight is 389 g/mol. The molecule has 7 heteroatoms. The summed E-state index contributed by atoms with van der Waals surface area (Å²) in [5.74, 6) is -2.64. The maximum absolute atomic E-state index is 14.3. The fraction of sp³-hybridized carbons (Fsp3) is 0.200. The average Bonchev–Trinajstić information content (AvgIpc) is 2.85. The summed E-state index contributed by atoms with van der Waals surface area (Å²) in [6, 6.07) is 9.56. The minimum atomic E-state index is -0.980. The highest BCUT2D eigenvalue weighted by atomic mass is 32.2. The number of hydrogen-bond donors (Lipinski definition) is 0. The van der Waals surface area contributed by atoms with E-state index >= 15 is 0 Å². The smallest absolute Gasteiger partial charge is 0.272 e. The Balaban J connectivity index is 2.17. The van der Waals surface area contributed by atoms with Crippen LogP contribution in [-0.4, -0.2) is 24.2 Å². The molecule has 2 aromatic carbocycles. The van der Waals surface area contributed by atoms with Crippen molar-refractivity contribution in [3.8, 4) is 5.75 Å². The fourth-order valence-electron chi connectivity index (χ4n) is 2.82. The molecule has 140 valence electrons. The zero-order valence-corrected chi connectivity index (χ0v) is 15.8. The van der Waals surface area contributed by atoms with Crippen LogP contribution < -0.4 is 9.64 Å². The van der Waals surface area contributed by atoms with Gasteiger partial charge in [-0.1, -0.05) is 32.0 Å². The molecule has 0 aromatic heterocycles. The van der Waals surface area contributed by atoms with Gasteiger partial charge in [-0.3, -0.25) is 9.59 Å². The van der Waals surface area contributed by atoms with Crippen LogP contribution in [0.25, 0.3) is 5.57 Å². The number of methoxy groups -OCH3 is 1. The molecule has 0 fully saturated rings. The number of amides is 2. The van der Waals surface area contributed by atoms with Gasteiger partial charge in [-0.05, 0) is 18.2 Å². The third-order valence-electron chi connectivity index (χ3n) is 3.92. The number of anilines is 1. The van der Waals surface area contributed by atoms with Gasteiger partial charge in [-0.2, -0.15) is 0 Å². The summed E-state index contributed by atoms with van der Waals surface area (Å²) in [6.07, 6.45) is 0. The largest absolute Gasteiger partial charge is 0.496 e. The van der Waals surface area contributed by atoms with E-state index in [0.717, 1.165) is 17.0 Å². The highest BCUT2D eigenvalue weighted by molar-refractivity contribution is 8.04. The van der Waals surface area contributed by atoms with Gasteiger partial charge < -0.3 is 4.74 Å². The van der Waals surface area contributed by atoms with Crippen LogP contribution >= 0.6 is 11.8 Å².